The molecule has 1 heterocycles. The maximum absolute atomic E-state index is 13.0. The second kappa shape index (κ2) is 8.95. The number of carbonyl (C=O) groups is 2. The van der Waals surface area contributed by atoms with Crippen molar-refractivity contribution in [2.24, 2.45) is 0 Å². The fourth-order valence-corrected chi connectivity index (χ4v) is 3.86. The molecule has 28 heavy (non-hydrogen) atoms. The van der Waals surface area contributed by atoms with Crippen LogP contribution in [0.5, 0.6) is 0 Å². The van der Waals surface area contributed by atoms with Crippen LogP contribution in [0.3, 0.4) is 0 Å². The van der Waals surface area contributed by atoms with Gasteiger partial charge in [0.2, 0.25) is 0 Å². The Hall–Kier alpha value is -2.08. The lowest BCUT2D eigenvalue weighted by molar-refractivity contribution is -0.178. The molecule has 148 valence electrons. The largest absolute Gasteiger partial charge is 0.481 e. The summed E-state index contributed by atoms with van der Waals surface area (Å²) in [5.74, 6) is -1.40. The lowest BCUT2D eigenvalue weighted by atomic mass is 9.91. The summed E-state index contributed by atoms with van der Waals surface area (Å²) in [7, 11) is 0. The number of rotatable bonds is 6. The molecule has 0 spiro atoms. The van der Waals surface area contributed by atoms with E-state index in [0.717, 1.165) is 17.5 Å². The van der Waals surface area contributed by atoms with Crippen LogP contribution in [0.1, 0.15) is 43.0 Å². The highest BCUT2D eigenvalue weighted by atomic mass is 35.5. The predicted molar refractivity (Wildman–Crippen MR) is 108 cm³/mol. The quantitative estimate of drug-likeness (QED) is 0.720. The smallest absolute Gasteiger partial charge is 0.306 e. The SMILES string of the molecule is CCCN1C(=O)[C@H](CC(=O)O)O[C@H](c2cccc(Cl)c2)[C@H]1c1ccc(Cl)cc1. The molecule has 3 rings (SSSR count). The molecule has 3 atom stereocenters. The molecule has 1 aliphatic heterocycles. The molecule has 2 aromatic rings. The van der Waals surface area contributed by atoms with Gasteiger partial charge in [0.05, 0.1) is 12.5 Å². The fraction of sp³-hybridized carbons (Fsp3) is 0.333. The third-order valence-corrected chi connectivity index (χ3v) is 5.19. The lowest BCUT2D eigenvalue weighted by Gasteiger charge is -2.44. The minimum absolute atomic E-state index is 0.317. The predicted octanol–water partition coefficient (Wildman–Crippen LogP) is 4.89. The van der Waals surface area contributed by atoms with E-state index < -0.39 is 24.2 Å². The Morgan fingerprint density at radius 2 is 1.82 bits per heavy atom. The Morgan fingerprint density at radius 3 is 2.43 bits per heavy atom. The first-order chi connectivity index (χ1) is 13.4. The zero-order valence-electron chi connectivity index (χ0n) is 15.3. The summed E-state index contributed by atoms with van der Waals surface area (Å²) >= 11 is 12.2. The molecule has 0 aromatic heterocycles. The number of carbonyl (C=O) groups excluding carboxylic acids is 1. The Balaban J connectivity index is 2.09. The molecule has 1 amide bonds. The first kappa shape index (κ1) is 20.6. The second-order valence-corrected chi connectivity index (χ2v) is 7.60. The van der Waals surface area contributed by atoms with E-state index in [2.05, 4.69) is 0 Å². The Kier molecular flexibility index (Phi) is 6.60. The number of aliphatic carboxylic acids is 1. The Morgan fingerprint density at radius 1 is 1.11 bits per heavy atom. The summed E-state index contributed by atoms with van der Waals surface area (Å²) in [4.78, 5) is 26.0. The van der Waals surface area contributed by atoms with E-state index in [1.165, 1.54) is 0 Å². The van der Waals surface area contributed by atoms with Crippen LogP contribution in [0.25, 0.3) is 0 Å². The van der Waals surface area contributed by atoms with Crippen molar-refractivity contribution in [3.63, 3.8) is 0 Å². The number of nitrogens with zero attached hydrogens (tertiary/aromatic N) is 1. The summed E-state index contributed by atoms with van der Waals surface area (Å²) in [5, 5.41) is 10.4. The number of benzene rings is 2. The molecule has 0 unspecified atom stereocenters. The van der Waals surface area contributed by atoms with Gasteiger partial charge in [-0.2, -0.15) is 0 Å². The fourth-order valence-electron chi connectivity index (χ4n) is 3.54. The van der Waals surface area contributed by atoms with Gasteiger partial charge < -0.3 is 14.7 Å². The van der Waals surface area contributed by atoms with Crippen LogP contribution >= 0.6 is 23.2 Å². The Labute approximate surface area is 173 Å². The van der Waals surface area contributed by atoms with Gasteiger partial charge in [0, 0.05) is 16.6 Å². The highest BCUT2D eigenvalue weighted by Crippen LogP contribution is 2.43. The summed E-state index contributed by atoms with van der Waals surface area (Å²) in [6.45, 7) is 2.46. The number of halogens is 2. The second-order valence-electron chi connectivity index (χ2n) is 6.73. The number of hydrogen-bond donors (Lipinski definition) is 1. The number of ether oxygens (including phenoxy) is 1. The van der Waals surface area contributed by atoms with E-state index in [0.29, 0.717) is 16.6 Å². The van der Waals surface area contributed by atoms with E-state index in [1.807, 2.05) is 31.2 Å². The van der Waals surface area contributed by atoms with Gasteiger partial charge in [0.1, 0.15) is 12.2 Å². The van der Waals surface area contributed by atoms with Crippen molar-refractivity contribution in [2.45, 2.75) is 38.0 Å². The Bertz CT molecular complexity index is 856. The van der Waals surface area contributed by atoms with E-state index >= 15 is 0 Å². The van der Waals surface area contributed by atoms with Crippen LogP contribution in [-0.4, -0.2) is 34.5 Å². The molecule has 1 aliphatic rings. The van der Waals surface area contributed by atoms with E-state index in [-0.39, 0.29) is 12.3 Å². The average Bonchev–Trinajstić information content (AvgIpc) is 2.65. The summed E-state index contributed by atoms with van der Waals surface area (Å²) in [6.07, 6.45) is -1.24. The van der Waals surface area contributed by atoms with Gasteiger partial charge in [-0.1, -0.05) is 54.4 Å². The zero-order chi connectivity index (χ0) is 20.3. The maximum Gasteiger partial charge on any atom is 0.306 e. The number of carboxylic acid groups (broad SMARTS) is 1. The minimum Gasteiger partial charge on any atom is -0.481 e. The molecule has 0 radical (unpaired) electrons. The zero-order valence-corrected chi connectivity index (χ0v) is 16.9. The van der Waals surface area contributed by atoms with Gasteiger partial charge >= 0.3 is 5.97 Å². The van der Waals surface area contributed by atoms with Gasteiger partial charge in [-0.15, -0.1) is 0 Å². The van der Waals surface area contributed by atoms with Crippen LogP contribution in [0.4, 0.5) is 0 Å². The lowest BCUT2D eigenvalue weighted by Crippen LogP contribution is -2.51. The summed E-state index contributed by atoms with van der Waals surface area (Å²) in [5.41, 5.74) is 1.65. The third-order valence-electron chi connectivity index (χ3n) is 4.71. The third kappa shape index (κ3) is 4.49. The first-order valence-electron chi connectivity index (χ1n) is 9.09. The summed E-state index contributed by atoms with van der Waals surface area (Å²) < 4.78 is 6.06. The van der Waals surface area contributed by atoms with Gasteiger partial charge in [0.15, 0.2) is 0 Å². The normalized spacial score (nSPS) is 22.3. The molecule has 1 fully saturated rings. The average molecular weight is 422 g/mol. The molecule has 0 aliphatic carbocycles. The molecule has 1 N–H and O–H groups in total. The number of hydrogen-bond acceptors (Lipinski definition) is 3. The van der Waals surface area contributed by atoms with E-state index in [1.54, 1.807) is 29.2 Å². The van der Waals surface area contributed by atoms with Crippen molar-refractivity contribution in [3.8, 4) is 0 Å². The molecule has 2 aromatic carbocycles. The molecule has 7 heteroatoms. The van der Waals surface area contributed by atoms with Crippen molar-refractivity contribution in [3.05, 3.63) is 69.7 Å². The molecule has 1 saturated heterocycles. The van der Waals surface area contributed by atoms with Crippen LogP contribution in [0.15, 0.2) is 48.5 Å². The van der Waals surface area contributed by atoms with Crippen molar-refractivity contribution >= 4 is 35.1 Å². The van der Waals surface area contributed by atoms with Crippen LogP contribution in [0.2, 0.25) is 10.0 Å². The highest BCUT2D eigenvalue weighted by molar-refractivity contribution is 6.30. The molecule has 0 saturated carbocycles. The van der Waals surface area contributed by atoms with Gasteiger partial charge in [-0.3, -0.25) is 9.59 Å². The van der Waals surface area contributed by atoms with Crippen LogP contribution in [-0.2, 0) is 14.3 Å². The van der Waals surface area contributed by atoms with Crippen LogP contribution in [0, 0.1) is 0 Å². The van der Waals surface area contributed by atoms with Gasteiger partial charge in [-0.25, -0.2) is 0 Å². The molecular formula is C21H21Cl2NO4. The van der Waals surface area contributed by atoms with Gasteiger partial charge in [0.25, 0.3) is 5.91 Å². The monoisotopic (exact) mass is 421 g/mol. The topological polar surface area (TPSA) is 66.8 Å². The van der Waals surface area contributed by atoms with E-state index in [4.69, 9.17) is 27.9 Å². The summed E-state index contributed by atoms with van der Waals surface area (Å²) in [6, 6.07) is 14.1. The highest BCUT2D eigenvalue weighted by Gasteiger charge is 2.44. The molecular weight excluding hydrogens is 401 g/mol. The first-order valence-corrected chi connectivity index (χ1v) is 9.85. The molecule has 5 nitrogen and oxygen atoms in total. The minimum atomic E-state index is -1.08. The maximum atomic E-state index is 13.0. The number of morpholine rings is 1. The van der Waals surface area contributed by atoms with Crippen molar-refractivity contribution < 1.29 is 19.4 Å². The van der Waals surface area contributed by atoms with Crippen molar-refractivity contribution in [2.75, 3.05) is 6.54 Å². The molecule has 0 bridgehead atoms. The van der Waals surface area contributed by atoms with Crippen LogP contribution < -0.4 is 0 Å². The van der Waals surface area contributed by atoms with Gasteiger partial charge in [-0.05, 0) is 41.8 Å². The standard InChI is InChI=1S/C21H21Cl2NO4/c1-2-10-24-19(13-6-8-15(22)9-7-13)20(14-4-3-5-16(23)11-14)28-17(21(24)27)12-18(25)26/h3-9,11,17,19-20H,2,10,12H2,1H3,(H,25,26)/t17-,19+,20+/m0/s1. The number of carboxylic acids is 1. The number of amides is 1. The van der Waals surface area contributed by atoms with Crippen molar-refractivity contribution in [1.29, 1.82) is 0 Å². The van der Waals surface area contributed by atoms with E-state index in [9.17, 15) is 14.7 Å². The van der Waals surface area contributed by atoms with Crippen molar-refractivity contribution in [1.82, 2.24) is 4.90 Å².